The topological polar surface area (TPSA) is 56.7 Å². The van der Waals surface area contributed by atoms with Crippen molar-refractivity contribution in [3.63, 3.8) is 0 Å². The quantitative estimate of drug-likeness (QED) is 0.745. The molecule has 3 rings (SSSR count). The van der Waals surface area contributed by atoms with E-state index in [1.165, 1.54) is 11.9 Å². The molecule has 18 heavy (non-hydrogen) atoms. The standard InChI is InChI=1S/C14H14N4/c1-10-7-18(8-11-5-3-2-4-6-11)14-12(10)13(15)16-9-17-14/h2-7,9H,8H2,1H3,(H2,15,16,17). The number of anilines is 1. The van der Waals surface area contributed by atoms with Crippen molar-refractivity contribution in [2.45, 2.75) is 13.5 Å². The van der Waals surface area contributed by atoms with Crippen LogP contribution in [0.3, 0.4) is 0 Å². The van der Waals surface area contributed by atoms with E-state index >= 15 is 0 Å². The van der Waals surface area contributed by atoms with Crippen LogP contribution in [0.15, 0.2) is 42.9 Å². The molecule has 0 spiro atoms. The van der Waals surface area contributed by atoms with Crippen LogP contribution in [0.2, 0.25) is 0 Å². The molecule has 0 fully saturated rings. The number of benzene rings is 1. The van der Waals surface area contributed by atoms with Crippen LogP contribution in [0.5, 0.6) is 0 Å². The number of rotatable bonds is 2. The van der Waals surface area contributed by atoms with E-state index in [1.807, 2.05) is 25.1 Å². The van der Waals surface area contributed by atoms with Gasteiger partial charge in [-0.15, -0.1) is 0 Å². The van der Waals surface area contributed by atoms with Gasteiger partial charge in [0.2, 0.25) is 0 Å². The molecule has 90 valence electrons. The lowest BCUT2D eigenvalue weighted by molar-refractivity contribution is 0.821. The molecule has 1 aromatic carbocycles. The Morgan fingerprint density at radius 3 is 2.72 bits per heavy atom. The Bertz CT molecular complexity index is 686. The van der Waals surface area contributed by atoms with Gasteiger partial charge in [0, 0.05) is 12.7 Å². The maximum absolute atomic E-state index is 5.90. The molecule has 0 saturated carbocycles. The predicted molar refractivity (Wildman–Crippen MR) is 72.2 cm³/mol. The molecule has 0 radical (unpaired) electrons. The lowest BCUT2D eigenvalue weighted by atomic mass is 10.2. The molecule has 4 heteroatoms. The summed E-state index contributed by atoms with van der Waals surface area (Å²) in [6, 6.07) is 10.3. The Morgan fingerprint density at radius 2 is 1.94 bits per heavy atom. The minimum atomic E-state index is 0.546. The average molecular weight is 238 g/mol. The Morgan fingerprint density at radius 1 is 1.17 bits per heavy atom. The zero-order valence-electron chi connectivity index (χ0n) is 10.2. The Hall–Kier alpha value is -2.36. The zero-order chi connectivity index (χ0) is 12.5. The van der Waals surface area contributed by atoms with E-state index in [4.69, 9.17) is 5.73 Å². The van der Waals surface area contributed by atoms with Crippen LogP contribution in [0.4, 0.5) is 5.82 Å². The smallest absolute Gasteiger partial charge is 0.146 e. The van der Waals surface area contributed by atoms with E-state index in [0.717, 1.165) is 23.1 Å². The first kappa shape index (κ1) is 10.8. The van der Waals surface area contributed by atoms with E-state index in [0.29, 0.717) is 5.82 Å². The van der Waals surface area contributed by atoms with E-state index in [1.54, 1.807) is 0 Å². The van der Waals surface area contributed by atoms with Crippen molar-refractivity contribution in [3.8, 4) is 0 Å². The van der Waals surface area contributed by atoms with Crippen molar-refractivity contribution in [2.75, 3.05) is 5.73 Å². The molecular formula is C14H14N4. The van der Waals surface area contributed by atoms with Crippen LogP contribution in [0.25, 0.3) is 11.0 Å². The molecule has 0 unspecified atom stereocenters. The summed E-state index contributed by atoms with van der Waals surface area (Å²) in [6.07, 6.45) is 3.58. The van der Waals surface area contributed by atoms with Crippen LogP contribution in [-0.2, 0) is 6.54 Å². The van der Waals surface area contributed by atoms with Crippen molar-refractivity contribution in [3.05, 3.63) is 54.0 Å². The molecule has 0 aliphatic rings. The third-order valence-corrected chi connectivity index (χ3v) is 3.07. The van der Waals surface area contributed by atoms with Gasteiger partial charge in [-0.05, 0) is 18.1 Å². The molecule has 2 heterocycles. The van der Waals surface area contributed by atoms with Crippen molar-refractivity contribution < 1.29 is 0 Å². The van der Waals surface area contributed by atoms with Gasteiger partial charge in [0.05, 0.1) is 5.39 Å². The highest BCUT2D eigenvalue weighted by atomic mass is 15.1. The molecule has 2 aromatic heterocycles. The summed E-state index contributed by atoms with van der Waals surface area (Å²) >= 11 is 0. The van der Waals surface area contributed by atoms with Crippen molar-refractivity contribution in [1.29, 1.82) is 0 Å². The predicted octanol–water partition coefficient (Wildman–Crippen LogP) is 2.37. The summed E-state index contributed by atoms with van der Waals surface area (Å²) in [6.45, 7) is 2.82. The number of nitrogens with two attached hydrogens (primary N) is 1. The molecular weight excluding hydrogens is 224 g/mol. The van der Waals surface area contributed by atoms with E-state index in [9.17, 15) is 0 Å². The normalized spacial score (nSPS) is 10.9. The Labute approximate surface area is 105 Å². The molecule has 0 aliphatic carbocycles. The largest absolute Gasteiger partial charge is 0.383 e. The zero-order valence-corrected chi connectivity index (χ0v) is 10.2. The van der Waals surface area contributed by atoms with Gasteiger partial charge in [0.1, 0.15) is 17.8 Å². The second kappa shape index (κ2) is 4.14. The fraction of sp³-hybridized carbons (Fsp3) is 0.143. The lowest BCUT2D eigenvalue weighted by Crippen LogP contribution is -2.00. The minimum Gasteiger partial charge on any atom is -0.383 e. The van der Waals surface area contributed by atoms with Gasteiger partial charge in [-0.2, -0.15) is 0 Å². The minimum absolute atomic E-state index is 0.546. The van der Waals surface area contributed by atoms with Gasteiger partial charge >= 0.3 is 0 Å². The molecule has 0 saturated heterocycles. The SMILES string of the molecule is Cc1cn(Cc2ccccc2)c2ncnc(N)c12. The number of nitrogen functional groups attached to an aromatic ring is 1. The molecule has 2 N–H and O–H groups in total. The van der Waals surface area contributed by atoms with Crippen molar-refractivity contribution in [1.82, 2.24) is 14.5 Å². The fourth-order valence-corrected chi connectivity index (χ4v) is 2.25. The van der Waals surface area contributed by atoms with Crippen LogP contribution in [-0.4, -0.2) is 14.5 Å². The summed E-state index contributed by atoms with van der Waals surface area (Å²) in [5.74, 6) is 0.546. The van der Waals surface area contributed by atoms with E-state index in [2.05, 4.69) is 32.9 Å². The fourth-order valence-electron chi connectivity index (χ4n) is 2.25. The van der Waals surface area contributed by atoms with Crippen LogP contribution >= 0.6 is 0 Å². The second-order valence-electron chi connectivity index (χ2n) is 4.38. The maximum Gasteiger partial charge on any atom is 0.146 e. The molecule has 3 aromatic rings. The van der Waals surface area contributed by atoms with Crippen molar-refractivity contribution >= 4 is 16.9 Å². The number of hydrogen-bond donors (Lipinski definition) is 1. The van der Waals surface area contributed by atoms with E-state index < -0.39 is 0 Å². The summed E-state index contributed by atoms with van der Waals surface area (Å²) in [7, 11) is 0. The third-order valence-electron chi connectivity index (χ3n) is 3.07. The molecule has 0 bridgehead atoms. The van der Waals surface area contributed by atoms with Gasteiger partial charge in [-0.1, -0.05) is 30.3 Å². The van der Waals surface area contributed by atoms with Gasteiger partial charge < -0.3 is 10.3 Å². The second-order valence-corrected chi connectivity index (χ2v) is 4.38. The number of nitrogens with zero attached hydrogens (tertiary/aromatic N) is 3. The summed E-state index contributed by atoms with van der Waals surface area (Å²) < 4.78 is 2.11. The van der Waals surface area contributed by atoms with Gasteiger partial charge in [0.25, 0.3) is 0 Å². The highest BCUT2D eigenvalue weighted by Gasteiger charge is 2.10. The number of aromatic nitrogens is 3. The summed E-state index contributed by atoms with van der Waals surface area (Å²) in [4.78, 5) is 8.37. The van der Waals surface area contributed by atoms with E-state index in [-0.39, 0.29) is 0 Å². The molecule has 4 nitrogen and oxygen atoms in total. The molecule has 0 atom stereocenters. The third kappa shape index (κ3) is 1.72. The average Bonchev–Trinajstić information content (AvgIpc) is 2.69. The highest BCUT2D eigenvalue weighted by Crippen LogP contribution is 2.23. The Kier molecular flexibility index (Phi) is 2.48. The first-order valence-electron chi connectivity index (χ1n) is 5.85. The first-order valence-corrected chi connectivity index (χ1v) is 5.85. The van der Waals surface area contributed by atoms with Gasteiger partial charge in [-0.25, -0.2) is 9.97 Å². The lowest BCUT2D eigenvalue weighted by Gasteiger charge is -2.04. The Balaban J connectivity index is 2.11. The van der Waals surface area contributed by atoms with Crippen LogP contribution in [0, 0.1) is 6.92 Å². The monoisotopic (exact) mass is 238 g/mol. The number of fused-ring (bicyclic) bond motifs is 1. The number of aryl methyl sites for hydroxylation is 1. The molecule has 0 aliphatic heterocycles. The number of hydrogen-bond acceptors (Lipinski definition) is 3. The maximum atomic E-state index is 5.90. The summed E-state index contributed by atoms with van der Waals surface area (Å²) in [5, 5.41) is 0.952. The van der Waals surface area contributed by atoms with Crippen molar-refractivity contribution in [2.24, 2.45) is 0 Å². The van der Waals surface area contributed by atoms with Crippen LogP contribution < -0.4 is 5.73 Å². The molecule has 0 amide bonds. The first-order chi connectivity index (χ1) is 8.75. The van der Waals surface area contributed by atoms with Gasteiger partial charge in [0.15, 0.2) is 0 Å². The van der Waals surface area contributed by atoms with Gasteiger partial charge in [-0.3, -0.25) is 0 Å². The van der Waals surface area contributed by atoms with Crippen LogP contribution in [0.1, 0.15) is 11.1 Å². The summed E-state index contributed by atoms with van der Waals surface area (Å²) in [5.41, 5.74) is 9.14. The highest BCUT2D eigenvalue weighted by molar-refractivity contribution is 5.89.